The Bertz CT molecular complexity index is 1030. The second-order valence-corrected chi connectivity index (χ2v) is 10.8. The number of nitrogens with one attached hydrogen (secondary N) is 2. The minimum atomic E-state index is -0.958. The molecule has 0 aliphatic heterocycles. The van der Waals surface area contributed by atoms with Crippen LogP contribution in [0.2, 0.25) is 0 Å². The van der Waals surface area contributed by atoms with Crippen molar-refractivity contribution >= 4 is 17.9 Å². The maximum Gasteiger partial charge on any atom is 0.408 e. The van der Waals surface area contributed by atoms with Crippen LogP contribution >= 0.6 is 0 Å². The number of rotatable bonds is 12. The van der Waals surface area contributed by atoms with E-state index in [0.717, 1.165) is 18.4 Å². The number of carbonyl (C=O) groups excluding carboxylic acids is 3. The molecule has 0 saturated carbocycles. The highest BCUT2D eigenvalue weighted by atomic mass is 16.6. The summed E-state index contributed by atoms with van der Waals surface area (Å²) in [5.74, 6) is -0.645. The number of phenolic OH excluding ortho intramolecular Hbond substituents is 1. The fraction of sp³-hybridized carbons (Fsp3) is 0.500. The lowest BCUT2D eigenvalue weighted by molar-refractivity contribution is -0.142. The van der Waals surface area contributed by atoms with E-state index in [0.29, 0.717) is 18.5 Å². The largest absolute Gasteiger partial charge is 0.508 e. The molecule has 0 aliphatic carbocycles. The fourth-order valence-corrected chi connectivity index (χ4v) is 4.09. The van der Waals surface area contributed by atoms with Gasteiger partial charge in [0, 0.05) is 19.0 Å². The predicted molar refractivity (Wildman–Crippen MR) is 149 cm³/mol. The van der Waals surface area contributed by atoms with Crippen molar-refractivity contribution in [1.29, 1.82) is 0 Å². The highest BCUT2D eigenvalue weighted by Gasteiger charge is 2.36. The smallest absolute Gasteiger partial charge is 0.408 e. The molecule has 0 radical (unpaired) electrons. The third kappa shape index (κ3) is 10.1. The molecule has 0 heterocycles. The summed E-state index contributed by atoms with van der Waals surface area (Å²) in [5.41, 5.74) is 0.696. The van der Waals surface area contributed by atoms with Crippen LogP contribution in [0, 0.1) is 0 Å². The summed E-state index contributed by atoms with van der Waals surface area (Å²) in [6.45, 7) is 11.4. The van der Waals surface area contributed by atoms with Crippen LogP contribution in [0.1, 0.15) is 78.0 Å². The Kier molecular flexibility index (Phi) is 11.6. The number of alkyl carbamates (subject to hydrolysis) is 1. The van der Waals surface area contributed by atoms with E-state index in [9.17, 15) is 19.5 Å². The molecule has 0 spiro atoms. The Labute approximate surface area is 226 Å². The first kappa shape index (κ1) is 30.7. The first-order chi connectivity index (χ1) is 17.9. The molecule has 2 aromatic rings. The third-order valence-electron chi connectivity index (χ3n) is 5.76. The summed E-state index contributed by atoms with van der Waals surface area (Å²) in [5, 5.41) is 15.5. The Morgan fingerprint density at radius 3 is 2.13 bits per heavy atom. The summed E-state index contributed by atoms with van der Waals surface area (Å²) in [7, 11) is 0. The lowest BCUT2D eigenvalue weighted by atomic mass is 9.99. The lowest BCUT2D eigenvalue weighted by Crippen LogP contribution is -2.54. The van der Waals surface area contributed by atoms with E-state index < -0.39 is 23.8 Å². The molecule has 2 aromatic carbocycles. The van der Waals surface area contributed by atoms with E-state index in [4.69, 9.17) is 4.74 Å². The number of benzene rings is 2. The molecule has 208 valence electrons. The van der Waals surface area contributed by atoms with Gasteiger partial charge in [-0.25, -0.2) is 4.79 Å². The van der Waals surface area contributed by atoms with Crippen molar-refractivity contribution in [2.45, 2.75) is 91.0 Å². The maximum atomic E-state index is 14.2. The molecule has 0 saturated heterocycles. The molecule has 38 heavy (non-hydrogen) atoms. The van der Waals surface area contributed by atoms with E-state index >= 15 is 0 Å². The van der Waals surface area contributed by atoms with Crippen molar-refractivity contribution in [3.05, 3.63) is 65.7 Å². The van der Waals surface area contributed by atoms with Crippen molar-refractivity contribution in [2.24, 2.45) is 0 Å². The van der Waals surface area contributed by atoms with Crippen molar-refractivity contribution < 1.29 is 24.2 Å². The number of amides is 3. The van der Waals surface area contributed by atoms with Crippen LogP contribution in [0.25, 0.3) is 0 Å². The molecule has 2 rings (SSSR count). The quantitative estimate of drug-likeness (QED) is 0.334. The molecule has 8 heteroatoms. The first-order valence-electron chi connectivity index (χ1n) is 13.3. The molecule has 0 fully saturated rings. The number of hydrogen-bond donors (Lipinski definition) is 3. The average Bonchev–Trinajstić information content (AvgIpc) is 2.82. The van der Waals surface area contributed by atoms with E-state index in [1.54, 1.807) is 37.8 Å². The number of carbonyl (C=O) groups is 3. The van der Waals surface area contributed by atoms with Crippen LogP contribution < -0.4 is 10.6 Å². The van der Waals surface area contributed by atoms with Gasteiger partial charge in [0.15, 0.2) is 0 Å². The van der Waals surface area contributed by atoms with Gasteiger partial charge in [0.25, 0.3) is 0 Å². The Morgan fingerprint density at radius 1 is 0.947 bits per heavy atom. The average molecular weight is 526 g/mol. The highest BCUT2D eigenvalue weighted by Crippen LogP contribution is 2.26. The van der Waals surface area contributed by atoms with Gasteiger partial charge in [0.05, 0.1) is 0 Å². The van der Waals surface area contributed by atoms with Gasteiger partial charge < -0.3 is 25.4 Å². The SMILES string of the molecule is CCCCCN(C(=O)C(Cc1ccccc1)NC(=O)OC(C)(C)C)C(C(=O)NC(C)C)c1ccc(O)cc1. The molecule has 0 aliphatic rings. The Morgan fingerprint density at radius 2 is 1.58 bits per heavy atom. The molecular weight excluding hydrogens is 482 g/mol. The van der Waals surface area contributed by atoms with Crippen LogP contribution in [0.4, 0.5) is 4.79 Å². The second-order valence-electron chi connectivity index (χ2n) is 10.8. The zero-order chi connectivity index (χ0) is 28.3. The van der Waals surface area contributed by atoms with E-state index in [1.165, 1.54) is 12.1 Å². The molecule has 0 bridgehead atoms. The number of hydrogen-bond acceptors (Lipinski definition) is 5. The van der Waals surface area contributed by atoms with Gasteiger partial charge in [-0.3, -0.25) is 9.59 Å². The van der Waals surface area contributed by atoms with Gasteiger partial charge in [-0.1, -0.05) is 62.2 Å². The predicted octanol–water partition coefficient (Wildman–Crippen LogP) is 5.11. The maximum absolute atomic E-state index is 14.2. The minimum Gasteiger partial charge on any atom is -0.508 e. The van der Waals surface area contributed by atoms with Crippen molar-refractivity contribution in [3.63, 3.8) is 0 Å². The first-order valence-corrected chi connectivity index (χ1v) is 13.3. The van der Waals surface area contributed by atoms with Crippen LogP contribution in [-0.2, 0) is 20.7 Å². The fourth-order valence-electron chi connectivity index (χ4n) is 4.09. The van der Waals surface area contributed by atoms with Gasteiger partial charge in [-0.2, -0.15) is 0 Å². The summed E-state index contributed by atoms with van der Waals surface area (Å²) in [6, 6.07) is 13.7. The standard InChI is InChI=1S/C30H43N3O5/c1-7-8-12-19-33(26(27(35)31-21(2)3)23-15-17-24(34)18-16-23)28(36)25(20-22-13-10-9-11-14-22)32-29(37)38-30(4,5)6/h9-11,13-18,21,25-26,34H,7-8,12,19-20H2,1-6H3,(H,31,35)(H,32,37). The highest BCUT2D eigenvalue weighted by molar-refractivity contribution is 5.92. The zero-order valence-corrected chi connectivity index (χ0v) is 23.5. The zero-order valence-electron chi connectivity index (χ0n) is 23.5. The third-order valence-corrected chi connectivity index (χ3v) is 5.76. The molecule has 3 amide bonds. The number of phenols is 1. The van der Waals surface area contributed by atoms with E-state index in [-0.39, 0.29) is 30.0 Å². The second kappa shape index (κ2) is 14.4. The number of unbranched alkanes of at least 4 members (excludes halogenated alkanes) is 2. The summed E-state index contributed by atoms with van der Waals surface area (Å²) in [4.78, 5) is 42.1. The number of nitrogens with zero attached hydrogens (tertiary/aromatic N) is 1. The summed E-state index contributed by atoms with van der Waals surface area (Å²) >= 11 is 0. The van der Waals surface area contributed by atoms with Crippen LogP contribution in [0.5, 0.6) is 5.75 Å². The van der Waals surface area contributed by atoms with Crippen LogP contribution in [0.15, 0.2) is 54.6 Å². The molecular formula is C30H43N3O5. The number of ether oxygens (including phenoxy) is 1. The number of aromatic hydroxyl groups is 1. The summed E-state index contributed by atoms with van der Waals surface area (Å²) < 4.78 is 5.46. The van der Waals surface area contributed by atoms with Crippen molar-refractivity contribution in [2.75, 3.05) is 6.54 Å². The minimum absolute atomic E-state index is 0.0640. The van der Waals surface area contributed by atoms with Crippen LogP contribution in [-0.4, -0.2) is 52.1 Å². The van der Waals surface area contributed by atoms with Gasteiger partial charge >= 0.3 is 6.09 Å². The van der Waals surface area contributed by atoms with Gasteiger partial charge in [-0.15, -0.1) is 0 Å². The van der Waals surface area contributed by atoms with Crippen molar-refractivity contribution in [3.8, 4) is 5.75 Å². The molecule has 8 nitrogen and oxygen atoms in total. The van der Waals surface area contributed by atoms with Gasteiger partial charge in [0.2, 0.25) is 11.8 Å². The van der Waals surface area contributed by atoms with Crippen molar-refractivity contribution in [1.82, 2.24) is 15.5 Å². The van der Waals surface area contributed by atoms with Crippen LogP contribution in [0.3, 0.4) is 0 Å². The molecule has 2 unspecified atom stereocenters. The topological polar surface area (TPSA) is 108 Å². The van der Waals surface area contributed by atoms with Gasteiger partial charge in [-0.05, 0) is 64.3 Å². The molecule has 2 atom stereocenters. The Hall–Kier alpha value is -3.55. The van der Waals surface area contributed by atoms with Gasteiger partial charge in [0.1, 0.15) is 23.4 Å². The monoisotopic (exact) mass is 525 g/mol. The summed E-state index contributed by atoms with van der Waals surface area (Å²) in [6.07, 6.45) is 2.04. The normalized spacial score (nSPS) is 12.9. The molecule has 0 aromatic heterocycles. The lowest BCUT2D eigenvalue weighted by Gasteiger charge is -2.35. The van der Waals surface area contributed by atoms with E-state index in [2.05, 4.69) is 17.6 Å². The Balaban J connectivity index is 2.52. The van der Waals surface area contributed by atoms with E-state index in [1.807, 2.05) is 44.2 Å². The molecule has 3 N–H and O–H groups in total.